The van der Waals surface area contributed by atoms with Gasteiger partial charge in [0.2, 0.25) is 5.91 Å². The fourth-order valence-corrected chi connectivity index (χ4v) is 6.74. The molecule has 0 saturated carbocycles. The number of anilines is 3. The Bertz CT molecular complexity index is 1950. The second-order valence-corrected chi connectivity index (χ2v) is 13.0. The van der Waals surface area contributed by atoms with E-state index in [9.17, 15) is 9.59 Å². The zero-order valence-corrected chi connectivity index (χ0v) is 28.6. The molecule has 0 radical (unpaired) electrons. The number of ether oxygens (including phenoxy) is 2. The minimum atomic E-state index is -0.675. The molecule has 2 saturated heterocycles. The minimum absolute atomic E-state index is 0.0929. The minimum Gasteiger partial charge on any atom is -0.453 e. The number of aromatic nitrogens is 4. The summed E-state index contributed by atoms with van der Waals surface area (Å²) in [6.07, 6.45) is 4.44. The SMILES string of the molecule is COC(=O)N[C@@H](C(=O)N1CCC[C@H]1c1ncc(-c2ccc(-c3ccc4ncnc(Nc5ccc(N6CCOCC6)cc5)c4c3)cc2)[nH]1)C(C)C. The Morgan fingerprint density at radius 2 is 1.66 bits per heavy atom. The molecule has 2 aromatic heterocycles. The topological polar surface area (TPSA) is 138 Å². The second-order valence-electron chi connectivity index (χ2n) is 13.0. The van der Waals surface area contributed by atoms with E-state index in [0.717, 1.165) is 89.8 Å². The third-order valence-corrected chi connectivity index (χ3v) is 9.51. The van der Waals surface area contributed by atoms with Crippen molar-refractivity contribution in [3.63, 3.8) is 0 Å². The van der Waals surface area contributed by atoms with Gasteiger partial charge >= 0.3 is 6.09 Å². The molecule has 2 amide bonds. The monoisotopic (exact) mass is 674 g/mol. The number of carbonyl (C=O) groups excluding carboxylic acids is 2. The number of carbonyl (C=O) groups is 2. The molecule has 2 fully saturated rings. The van der Waals surface area contributed by atoms with Crippen molar-refractivity contribution >= 4 is 40.1 Å². The third kappa shape index (κ3) is 6.97. The molecule has 0 aliphatic carbocycles. The Kier molecular flexibility index (Phi) is 9.61. The van der Waals surface area contributed by atoms with E-state index >= 15 is 0 Å². The average Bonchev–Trinajstić information content (AvgIpc) is 3.85. The number of fused-ring (bicyclic) bond motifs is 1. The summed E-state index contributed by atoms with van der Waals surface area (Å²) in [5.74, 6) is 1.26. The molecule has 5 aromatic rings. The van der Waals surface area contributed by atoms with Crippen LogP contribution < -0.4 is 15.5 Å². The van der Waals surface area contributed by atoms with Gasteiger partial charge in [-0.1, -0.05) is 44.2 Å². The number of rotatable bonds is 9. The van der Waals surface area contributed by atoms with Crippen LogP contribution in [-0.4, -0.2) is 82.8 Å². The standard InChI is InChI=1S/C38H42N8O4/c1-24(2)34(44-38(48)49-3)37(47)46-16-4-5-33(46)36-39-22-32(43-36)26-8-6-25(7-9-26)27-10-15-31-30(21-27)35(41-23-40-31)42-28-11-13-29(14-12-28)45-17-19-50-20-18-45/h6-15,21-24,33-34H,4-5,16-20H2,1-3H3,(H,39,43)(H,44,48)(H,40,41,42)/t33-,34+/m0/s1. The maximum Gasteiger partial charge on any atom is 0.407 e. The Morgan fingerprint density at radius 3 is 2.40 bits per heavy atom. The largest absolute Gasteiger partial charge is 0.453 e. The Hall–Kier alpha value is -5.49. The van der Waals surface area contributed by atoms with Crippen molar-refractivity contribution in [3.05, 3.63) is 85.1 Å². The van der Waals surface area contributed by atoms with Crippen LogP contribution in [0.4, 0.5) is 22.0 Å². The number of nitrogens with one attached hydrogen (secondary N) is 3. The van der Waals surface area contributed by atoms with Crippen LogP contribution in [0.25, 0.3) is 33.3 Å². The summed E-state index contributed by atoms with van der Waals surface area (Å²) in [5, 5.41) is 7.12. The summed E-state index contributed by atoms with van der Waals surface area (Å²) in [6.45, 7) is 7.73. The van der Waals surface area contributed by atoms with Crippen molar-refractivity contribution in [2.75, 3.05) is 50.2 Å². The Balaban J connectivity index is 1.06. The number of nitrogens with zero attached hydrogens (tertiary/aromatic N) is 5. The van der Waals surface area contributed by atoms with Crippen LogP contribution in [0.2, 0.25) is 0 Å². The summed E-state index contributed by atoms with van der Waals surface area (Å²) >= 11 is 0. The highest BCUT2D eigenvalue weighted by molar-refractivity contribution is 5.94. The number of hydrogen-bond acceptors (Lipinski definition) is 9. The molecule has 2 aliphatic heterocycles. The highest BCUT2D eigenvalue weighted by atomic mass is 16.5. The van der Waals surface area contributed by atoms with Gasteiger partial charge in [0.1, 0.15) is 24.0 Å². The number of H-pyrrole nitrogens is 1. The van der Waals surface area contributed by atoms with Crippen molar-refractivity contribution in [2.24, 2.45) is 5.92 Å². The van der Waals surface area contributed by atoms with Gasteiger partial charge in [0, 0.05) is 36.4 Å². The van der Waals surface area contributed by atoms with E-state index in [0.29, 0.717) is 6.54 Å². The highest BCUT2D eigenvalue weighted by Crippen LogP contribution is 2.34. The van der Waals surface area contributed by atoms with E-state index in [1.807, 2.05) is 31.0 Å². The fraction of sp³-hybridized carbons (Fsp3) is 0.342. The molecular weight excluding hydrogens is 632 g/mol. The smallest absolute Gasteiger partial charge is 0.407 e. The molecule has 4 heterocycles. The van der Waals surface area contributed by atoms with Crippen LogP contribution in [0.1, 0.15) is 38.6 Å². The van der Waals surface area contributed by atoms with Gasteiger partial charge in [0.05, 0.1) is 43.8 Å². The van der Waals surface area contributed by atoms with Crippen LogP contribution in [0.15, 0.2) is 79.3 Å². The highest BCUT2D eigenvalue weighted by Gasteiger charge is 2.37. The van der Waals surface area contributed by atoms with Crippen molar-refractivity contribution in [1.82, 2.24) is 30.2 Å². The number of benzene rings is 3. The van der Waals surface area contributed by atoms with Crippen molar-refractivity contribution in [3.8, 4) is 22.4 Å². The molecule has 12 nitrogen and oxygen atoms in total. The van der Waals surface area contributed by atoms with Crippen LogP contribution in [0.5, 0.6) is 0 Å². The molecule has 7 rings (SSSR count). The molecule has 2 aliphatic rings. The summed E-state index contributed by atoms with van der Waals surface area (Å²) in [7, 11) is 1.30. The molecule has 3 N–H and O–H groups in total. The molecule has 3 aromatic carbocycles. The first-order valence-corrected chi connectivity index (χ1v) is 17.1. The molecular formula is C38H42N8O4. The summed E-state index contributed by atoms with van der Waals surface area (Å²) in [5.41, 5.74) is 6.97. The molecule has 12 heteroatoms. The number of alkyl carbamates (subject to hydrolysis) is 1. The van der Waals surface area contributed by atoms with Crippen molar-refractivity contribution < 1.29 is 19.1 Å². The number of morpholine rings is 1. The van der Waals surface area contributed by atoms with Gasteiger partial charge in [-0.15, -0.1) is 0 Å². The number of likely N-dealkylation sites (tertiary alicyclic amines) is 1. The third-order valence-electron chi connectivity index (χ3n) is 9.51. The lowest BCUT2D eigenvalue weighted by atomic mass is 10.0. The lowest BCUT2D eigenvalue weighted by Crippen LogP contribution is -2.51. The van der Waals surface area contributed by atoms with E-state index in [2.05, 4.69) is 96.1 Å². The number of methoxy groups -OCH3 is 1. The lowest BCUT2D eigenvalue weighted by Gasteiger charge is -2.30. The summed E-state index contributed by atoms with van der Waals surface area (Å²) < 4.78 is 10.2. The van der Waals surface area contributed by atoms with Gasteiger partial charge in [0.15, 0.2) is 0 Å². The van der Waals surface area contributed by atoms with Crippen molar-refractivity contribution in [2.45, 2.75) is 38.8 Å². The van der Waals surface area contributed by atoms with Crippen molar-refractivity contribution in [1.29, 1.82) is 0 Å². The zero-order valence-electron chi connectivity index (χ0n) is 28.6. The lowest BCUT2D eigenvalue weighted by molar-refractivity contribution is -0.135. The quantitative estimate of drug-likeness (QED) is 0.164. The molecule has 50 heavy (non-hydrogen) atoms. The maximum atomic E-state index is 13.5. The maximum absolute atomic E-state index is 13.5. The Labute approximate surface area is 291 Å². The first-order chi connectivity index (χ1) is 24.4. The second kappa shape index (κ2) is 14.6. The fourth-order valence-electron chi connectivity index (χ4n) is 6.74. The molecule has 0 spiro atoms. The Morgan fingerprint density at radius 1 is 0.920 bits per heavy atom. The molecule has 258 valence electrons. The molecule has 0 unspecified atom stereocenters. The summed E-state index contributed by atoms with van der Waals surface area (Å²) in [4.78, 5) is 46.8. The average molecular weight is 675 g/mol. The van der Waals surface area contributed by atoms with E-state index in [1.165, 1.54) is 12.8 Å². The number of imidazole rings is 1. The van der Waals surface area contributed by atoms with Gasteiger partial charge in [-0.05, 0) is 71.8 Å². The molecule has 2 atom stereocenters. The predicted octanol–water partition coefficient (Wildman–Crippen LogP) is 6.31. The van der Waals surface area contributed by atoms with E-state index in [-0.39, 0.29) is 17.9 Å². The normalized spacial score (nSPS) is 16.8. The first-order valence-electron chi connectivity index (χ1n) is 17.1. The van der Waals surface area contributed by atoms with Gasteiger partial charge < -0.3 is 34.9 Å². The first kappa shape index (κ1) is 33.0. The number of amides is 2. The van der Waals surface area contributed by atoms with Crippen LogP contribution in [-0.2, 0) is 14.3 Å². The zero-order chi connectivity index (χ0) is 34.6. The van der Waals surface area contributed by atoms with Crippen LogP contribution in [0, 0.1) is 5.92 Å². The van der Waals surface area contributed by atoms with E-state index in [4.69, 9.17) is 9.47 Å². The van der Waals surface area contributed by atoms with Gasteiger partial charge in [-0.3, -0.25) is 4.79 Å². The van der Waals surface area contributed by atoms with Gasteiger partial charge in [-0.25, -0.2) is 19.7 Å². The number of aromatic amines is 1. The van der Waals surface area contributed by atoms with Gasteiger partial charge in [-0.2, -0.15) is 0 Å². The number of hydrogen-bond donors (Lipinski definition) is 3. The predicted molar refractivity (Wildman–Crippen MR) is 193 cm³/mol. The summed E-state index contributed by atoms with van der Waals surface area (Å²) in [6, 6.07) is 22.1. The molecule has 0 bridgehead atoms. The van der Waals surface area contributed by atoms with E-state index in [1.54, 1.807) is 6.33 Å². The van der Waals surface area contributed by atoms with Gasteiger partial charge in [0.25, 0.3) is 0 Å². The van der Waals surface area contributed by atoms with Crippen LogP contribution >= 0.6 is 0 Å². The van der Waals surface area contributed by atoms with E-state index < -0.39 is 12.1 Å². The van der Waals surface area contributed by atoms with Crippen LogP contribution in [0.3, 0.4) is 0 Å².